The van der Waals surface area contributed by atoms with Gasteiger partial charge in [0.05, 0.1) is 12.7 Å². The summed E-state index contributed by atoms with van der Waals surface area (Å²) in [6, 6.07) is 8.27. The van der Waals surface area contributed by atoms with Gasteiger partial charge in [-0.25, -0.2) is 0 Å². The standard InChI is InChI=1S/C19H29NO3/c1-22-18-4-2-9-19(18)10-3-11-20(15-19)14-16-5-7-17(8-6-16)23-13-12-21/h5-8,18,21H,2-4,9-15H2,1H3/t18-,19+/m1/s1. The Balaban J connectivity index is 1.59. The van der Waals surface area contributed by atoms with Gasteiger partial charge in [-0.05, 0) is 49.9 Å². The van der Waals surface area contributed by atoms with Gasteiger partial charge in [0.2, 0.25) is 0 Å². The molecule has 128 valence electrons. The van der Waals surface area contributed by atoms with E-state index in [1.54, 1.807) is 0 Å². The van der Waals surface area contributed by atoms with Gasteiger partial charge in [-0.15, -0.1) is 0 Å². The maximum atomic E-state index is 8.80. The Hall–Kier alpha value is -1.10. The summed E-state index contributed by atoms with van der Waals surface area (Å²) >= 11 is 0. The van der Waals surface area contributed by atoms with Crippen molar-refractivity contribution in [1.29, 1.82) is 0 Å². The molecule has 4 nitrogen and oxygen atoms in total. The number of likely N-dealkylation sites (tertiary alicyclic amines) is 1. The molecule has 1 saturated carbocycles. The SMILES string of the molecule is CO[C@@H]1CCC[C@@]12CCCN(Cc1ccc(OCCO)cc1)C2. The molecule has 0 unspecified atom stereocenters. The van der Waals surface area contributed by atoms with Crippen LogP contribution in [0.3, 0.4) is 0 Å². The zero-order chi connectivity index (χ0) is 16.1. The van der Waals surface area contributed by atoms with Gasteiger partial charge in [-0.2, -0.15) is 0 Å². The van der Waals surface area contributed by atoms with Crippen LogP contribution in [0.5, 0.6) is 5.75 Å². The molecule has 0 amide bonds. The predicted octanol–water partition coefficient (Wildman–Crippen LogP) is 2.84. The fraction of sp³-hybridized carbons (Fsp3) is 0.684. The number of hydrogen-bond acceptors (Lipinski definition) is 4. The van der Waals surface area contributed by atoms with Crippen molar-refractivity contribution in [2.45, 2.75) is 44.8 Å². The van der Waals surface area contributed by atoms with Gasteiger partial charge in [0.1, 0.15) is 12.4 Å². The Morgan fingerprint density at radius 1 is 1.22 bits per heavy atom. The number of methoxy groups -OCH3 is 1. The normalized spacial score (nSPS) is 28.3. The third-order valence-electron chi connectivity index (χ3n) is 5.49. The van der Waals surface area contributed by atoms with Crippen LogP contribution in [0.15, 0.2) is 24.3 Å². The van der Waals surface area contributed by atoms with Gasteiger partial charge in [0.15, 0.2) is 0 Å². The first-order valence-electron chi connectivity index (χ1n) is 8.83. The molecule has 4 heteroatoms. The molecular weight excluding hydrogens is 290 g/mol. The lowest BCUT2D eigenvalue weighted by atomic mass is 9.76. The van der Waals surface area contributed by atoms with E-state index in [1.807, 2.05) is 19.2 Å². The third-order valence-corrected chi connectivity index (χ3v) is 5.49. The van der Waals surface area contributed by atoms with Crippen LogP contribution in [0, 0.1) is 5.41 Å². The Morgan fingerprint density at radius 3 is 2.74 bits per heavy atom. The number of benzene rings is 1. The lowest BCUT2D eigenvalue weighted by molar-refractivity contribution is -0.0366. The second kappa shape index (κ2) is 7.65. The number of nitrogens with zero attached hydrogens (tertiary/aromatic N) is 1. The summed E-state index contributed by atoms with van der Waals surface area (Å²) in [6.45, 7) is 3.75. The summed E-state index contributed by atoms with van der Waals surface area (Å²) in [5.41, 5.74) is 1.71. The zero-order valence-corrected chi connectivity index (χ0v) is 14.2. The molecular formula is C19H29NO3. The Labute approximate surface area is 139 Å². The molecule has 0 radical (unpaired) electrons. The van der Waals surface area contributed by atoms with Crippen molar-refractivity contribution >= 4 is 0 Å². The van der Waals surface area contributed by atoms with Gasteiger partial charge < -0.3 is 14.6 Å². The smallest absolute Gasteiger partial charge is 0.119 e. The largest absolute Gasteiger partial charge is 0.491 e. The molecule has 0 aromatic heterocycles. The van der Waals surface area contributed by atoms with Crippen LogP contribution in [0.2, 0.25) is 0 Å². The van der Waals surface area contributed by atoms with Crippen LogP contribution in [-0.2, 0) is 11.3 Å². The molecule has 1 saturated heterocycles. The van der Waals surface area contributed by atoms with Gasteiger partial charge in [0, 0.05) is 25.6 Å². The van der Waals surface area contributed by atoms with E-state index >= 15 is 0 Å². The van der Waals surface area contributed by atoms with Crippen LogP contribution in [0.4, 0.5) is 0 Å². The van der Waals surface area contributed by atoms with Crippen LogP contribution in [0.1, 0.15) is 37.7 Å². The molecule has 1 spiro atoms. The van der Waals surface area contributed by atoms with Crippen LogP contribution in [0.25, 0.3) is 0 Å². The van der Waals surface area contributed by atoms with E-state index in [0.717, 1.165) is 18.8 Å². The number of aliphatic hydroxyl groups is 1. The number of hydrogen-bond donors (Lipinski definition) is 1. The van der Waals surface area contributed by atoms with E-state index in [9.17, 15) is 0 Å². The summed E-state index contributed by atoms with van der Waals surface area (Å²) in [5.74, 6) is 0.827. The summed E-state index contributed by atoms with van der Waals surface area (Å²) in [4.78, 5) is 2.59. The number of ether oxygens (including phenoxy) is 2. The van der Waals surface area contributed by atoms with Crippen LogP contribution in [-0.4, -0.2) is 49.5 Å². The van der Waals surface area contributed by atoms with Crippen molar-refractivity contribution in [3.8, 4) is 5.75 Å². The minimum Gasteiger partial charge on any atom is -0.491 e. The molecule has 1 aliphatic carbocycles. The first-order chi connectivity index (χ1) is 11.3. The van der Waals surface area contributed by atoms with Gasteiger partial charge in [0.25, 0.3) is 0 Å². The Kier molecular flexibility index (Phi) is 5.57. The maximum absolute atomic E-state index is 8.80. The van der Waals surface area contributed by atoms with Crippen molar-refractivity contribution in [3.05, 3.63) is 29.8 Å². The molecule has 1 aliphatic heterocycles. The first kappa shape index (κ1) is 16.7. The Bertz CT molecular complexity index is 490. The van der Waals surface area contributed by atoms with Crippen LogP contribution >= 0.6 is 0 Å². The number of rotatable bonds is 6. The molecule has 3 rings (SSSR count). The highest BCUT2D eigenvalue weighted by atomic mass is 16.5. The zero-order valence-electron chi connectivity index (χ0n) is 14.2. The number of piperidine rings is 1. The molecule has 1 heterocycles. The summed E-state index contributed by atoms with van der Waals surface area (Å²) in [6.07, 6.45) is 6.88. The third kappa shape index (κ3) is 3.87. The highest BCUT2D eigenvalue weighted by molar-refractivity contribution is 5.27. The second-order valence-electron chi connectivity index (χ2n) is 7.01. The summed E-state index contributed by atoms with van der Waals surface area (Å²) in [5, 5.41) is 8.80. The van der Waals surface area contributed by atoms with Crippen molar-refractivity contribution in [1.82, 2.24) is 4.90 Å². The van der Waals surface area contributed by atoms with Gasteiger partial charge in [-0.1, -0.05) is 18.6 Å². The lowest BCUT2D eigenvalue weighted by Crippen LogP contribution is -2.47. The summed E-state index contributed by atoms with van der Waals surface area (Å²) < 4.78 is 11.2. The first-order valence-corrected chi connectivity index (χ1v) is 8.83. The maximum Gasteiger partial charge on any atom is 0.119 e. The molecule has 2 aliphatic rings. The average molecular weight is 319 g/mol. The van der Waals surface area contributed by atoms with Crippen molar-refractivity contribution in [2.75, 3.05) is 33.4 Å². The molecule has 2 fully saturated rings. The lowest BCUT2D eigenvalue weighted by Gasteiger charge is -2.43. The fourth-order valence-corrected chi connectivity index (χ4v) is 4.45. The van der Waals surface area contributed by atoms with Gasteiger partial charge in [-0.3, -0.25) is 4.90 Å². The quantitative estimate of drug-likeness (QED) is 0.875. The molecule has 1 aromatic carbocycles. The van der Waals surface area contributed by atoms with E-state index in [-0.39, 0.29) is 6.61 Å². The average Bonchev–Trinajstić information content (AvgIpc) is 2.96. The van der Waals surface area contributed by atoms with E-state index in [2.05, 4.69) is 17.0 Å². The van der Waals surface area contributed by atoms with E-state index in [0.29, 0.717) is 18.1 Å². The Morgan fingerprint density at radius 2 is 2.00 bits per heavy atom. The van der Waals surface area contributed by atoms with E-state index < -0.39 is 0 Å². The highest BCUT2D eigenvalue weighted by Gasteiger charge is 2.45. The van der Waals surface area contributed by atoms with Gasteiger partial charge >= 0.3 is 0 Å². The molecule has 2 atom stereocenters. The van der Waals surface area contributed by atoms with Crippen molar-refractivity contribution in [3.63, 3.8) is 0 Å². The number of aliphatic hydroxyl groups excluding tert-OH is 1. The van der Waals surface area contributed by atoms with E-state index in [1.165, 1.54) is 44.2 Å². The predicted molar refractivity (Wildman–Crippen MR) is 90.6 cm³/mol. The minimum atomic E-state index is 0.0538. The van der Waals surface area contributed by atoms with Crippen molar-refractivity contribution < 1.29 is 14.6 Å². The molecule has 1 N–H and O–H groups in total. The molecule has 23 heavy (non-hydrogen) atoms. The molecule has 0 bridgehead atoms. The van der Waals surface area contributed by atoms with Crippen LogP contribution < -0.4 is 4.74 Å². The second-order valence-corrected chi connectivity index (χ2v) is 7.01. The van der Waals surface area contributed by atoms with E-state index in [4.69, 9.17) is 14.6 Å². The topological polar surface area (TPSA) is 41.9 Å². The van der Waals surface area contributed by atoms with Crippen molar-refractivity contribution in [2.24, 2.45) is 5.41 Å². The fourth-order valence-electron chi connectivity index (χ4n) is 4.45. The minimum absolute atomic E-state index is 0.0538. The monoisotopic (exact) mass is 319 g/mol. The highest BCUT2D eigenvalue weighted by Crippen LogP contribution is 2.46. The molecule has 1 aromatic rings. The summed E-state index contributed by atoms with van der Waals surface area (Å²) in [7, 11) is 1.88.